The Kier molecular flexibility index (Phi) is 3.64. The maximum atomic E-state index is 12.2. The van der Waals surface area contributed by atoms with Crippen molar-refractivity contribution in [1.82, 2.24) is 9.78 Å². The van der Waals surface area contributed by atoms with E-state index in [9.17, 15) is 4.79 Å². The number of ether oxygens (including phenoxy) is 2. The third-order valence-corrected chi connectivity index (χ3v) is 4.88. The van der Waals surface area contributed by atoms with E-state index >= 15 is 0 Å². The Bertz CT molecular complexity index is 831. The molecule has 2 aromatic rings. The van der Waals surface area contributed by atoms with Crippen molar-refractivity contribution < 1.29 is 14.3 Å². The quantitative estimate of drug-likeness (QED) is 0.923. The second-order valence-electron chi connectivity index (χ2n) is 6.10. The molecule has 1 N–H and O–H groups in total. The Labute approximate surface area is 144 Å². The predicted molar refractivity (Wildman–Crippen MR) is 89.9 cm³/mol. The minimum atomic E-state index is -0.138. The SMILES string of the molecule is CCCn1nc2c(c1C)[C@@H](c1cc3c(cc1Cl)OCO3)CC(=O)N2. The van der Waals surface area contributed by atoms with E-state index in [-0.39, 0.29) is 18.6 Å². The number of nitrogens with one attached hydrogen (secondary N) is 1. The Balaban J connectivity index is 1.84. The summed E-state index contributed by atoms with van der Waals surface area (Å²) >= 11 is 6.48. The Morgan fingerprint density at radius 1 is 1.38 bits per heavy atom. The number of anilines is 1. The van der Waals surface area contributed by atoms with Crippen molar-refractivity contribution in [2.45, 2.75) is 39.2 Å². The van der Waals surface area contributed by atoms with Crippen LogP contribution in [0.15, 0.2) is 12.1 Å². The lowest BCUT2D eigenvalue weighted by atomic mass is 9.85. The smallest absolute Gasteiger partial charge is 0.231 e. The number of carbonyl (C=O) groups is 1. The van der Waals surface area contributed by atoms with Crippen molar-refractivity contribution in [3.05, 3.63) is 34.0 Å². The summed E-state index contributed by atoms with van der Waals surface area (Å²) in [5, 5.41) is 8.01. The van der Waals surface area contributed by atoms with E-state index in [1.807, 2.05) is 17.7 Å². The van der Waals surface area contributed by atoms with Crippen LogP contribution in [0.3, 0.4) is 0 Å². The number of rotatable bonds is 3. The summed E-state index contributed by atoms with van der Waals surface area (Å²) < 4.78 is 12.8. The highest BCUT2D eigenvalue weighted by atomic mass is 35.5. The fourth-order valence-corrected chi connectivity index (χ4v) is 3.72. The molecule has 2 aliphatic heterocycles. The summed E-state index contributed by atoms with van der Waals surface area (Å²) in [7, 11) is 0. The van der Waals surface area contributed by atoms with Crippen molar-refractivity contribution >= 4 is 23.3 Å². The number of benzene rings is 1. The zero-order chi connectivity index (χ0) is 16.8. The lowest BCUT2D eigenvalue weighted by Crippen LogP contribution is -2.23. The van der Waals surface area contributed by atoms with Gasteiger partial charge in [0.15, 0.2) is 17.3 Å². The topological polar surface area (TPSA) is 65.4 Å². The second-order valence-corrected chi connectivity index (χ2v) is 6.51. The van der Waals surface area contributed by atoms with Crippen LogP contribution < -0.4 is 14.8 Å². The molecule has 0 spiro atoms. The maximum absolute atomic E-state index is 12.2. The summed E-state index contributed by atoms with van der Waals surface area (Å²) in [5.41, 5.74) is 2.96. The molecule has 0 saturated heterocycles. The molecule has 0 bridgehead atoms. The third-order valence-electron chi connectivity index (χ3n) is 4.55. The van der Waals surface area contributed by atoms with Crippen molar-refractivity contribution in [1.29, 1.82) is 0 Å². The molecule has 24 heavy (non-hydrogen) atoms. The molecule has 4 rings (SSSR count). The minimum Gasteiger partial charge on any atom is -0.454 e. The van der Waals surface area contributed by atoms with Crippen LogP contribution in [0.5, 0.6) is 11.5 Å². The van der Waals surface area contributed by atoms with E-state index in [0.717, 1.165) is 29.8 Å². The molecule has 0 saturated carbocycles. The maximum Gasteiger partial charge on any atom is 0.231 e. The Morgan fingerprint density at radius 2 is 2.12 bits per heavy atom. The number of nitrogens with zero attached hydrogens (tertiary/aromatic N) is 2. The van der Waals surface area contributed by atoms with Crippen molar-refractivity contribution in [2.75, 3.05) is 12.1 Å². The first-order valence-electron chi connectivity index (χ1n) is 8.04. The second kappa shape index (κ2) is 5.70. The Hall–Kier alpha value is -2.21. The van der Waals surface area contributed by atoms with Crippen LogP contribution in [0.4, 0.5) is 5.82 Å². The van der Waals surface area contributed by atoms with E-state index in [2.05, 4.69) is 17.3 Å². The van der Waals surface area contributed by atoms with Crippen molar-refractivity contribution in [3.8, 4) is 11.5 Å². The standard InChI is InChI=1S/C17H18ClN3O3/c1-3-4-21-9(2)16-11(6-15(22)19-17(16)20-21)10-5-13-14(7-12(10)18)24-8-23-13/h5,7,11H,3-4,6,8H2,1-2H3,(H,19,20,22)/t11-/m1/s1. The average Bonchev–Trinajstić information content (AvgIpc) is 3.11. The van der Waals surface area contributed by atoms with E-state index in [1.165, 1.54) is 0 Å². The molecule has 0 unspecified atom stereocenters. The van der Waals surface area contributed by atoms with Crippen LogP contribution in [-0.4, -0.2) is 22.5 Å². The highest BCUT2D eigenvalue weighted by Gasteiger charge is 2.34. The number of hydrogen-bond donors (Lipinski definition) is 1. The average molecular weight is 348 g/mol. The summed E-state index contributed by atoms with van der Waals surface area (Å²) in [6.45, 7) is 5.15. The summed E-state index contributed by atoms with van der Waals surface area (Å²) in [5.74, 6) is 1.75. The third kappa shape index (κ3) is 2.33. The van der Waals surface area contributed by atoms with Gasteiger partial charge in [0, 0.05) is 41.2 Å². The van der Waals surface area contributed by atoms with Crippen LogP contribution in [-0.2, 0) is 11.3 Å². The van der Waals surface area contributed by atoms with Gasteiger partial charge >= 0.3 is 0 Å². The van der Waals surface area contributed by atoms with Gasteiger partial charge in [0.1, 0.15) is 0 Å². The molecule has 3 heterocycles. The molecule has 1 amide bonds. The van der Waals surface area contributed by atoms with Gasteiger partial charge in [-0.1, -0.05) is 18.5 Å². The van der Waals surface area contributed by atoms with Gasteiger partial charge in [-0.2, -0.15) is 5.10 Å². The van der Waals surface area contributed by atoms with E-state index in [1.54, 1.807) is 6.07 Å². The fraction of sp³-hybridized carbons (Fsp3) is 0.412. The van der Waals surface area contributed by atoms with Crippen molar-refractivity contribution in [3.63, 3.8) is 0 Å². The number of aromatic nitrogens is 2. The molecule has 7 heteroatoms. The molecule has 1 aromatic carbocycles. The molecule has 6 nitrogen and oxygen atoms in total. The van der Waals surface area contributed by atoms with Gasteiger partial charge in [0.05, 0.1) is 0 Å². The van der Waals surface area contributed by atoms with Gasteiger partial charge < -0.3 is 14.8 Å². The van der Waals surface area contributed by atoms with Gasteiger partial charge in [0.2, 0.25) is 12.7 Å². The molecule has 0 radical (unpaired) electrons. The largest absolute Gasteiger partial charge is 0.454 e. The molecule has 2 aliphatic rings. The number of hydrogen-bond acceptors (Lipinski definition) is 4. The van der Waals surface area contributed by atoms with Crippen LogP contribution >= 0.6 is 11.6 Å². The zero-order valence-electron chi connectivity index (χ0n) is 13.6. The van der Waals surface area contributed by atoms with Crippen LogP contribution in [0.25, 0.3) is 0 Å². The normalized spacial score (nSPS) is 18.5. The fourth-order valence-electron chi connectivity index (χ4n) is 3.43. The number of aryl methyl sites for hydroxylation is 1. The highest BCUT2D eigenvalue weighted by Crippen LogP contribution is 2.45. The molecule has 1 aromatic heterocycles. The summed E-state index contributed by atoms with van der Waals surface area (Å²) in [6, 6.07) is 3.64. The lowest BCUT2D eigenvalue weighted by molar-refractivity contribution is -0.116. The molecule has 0 fully saturated rings. The number of fused-ring (bicyclic) bond motifs is 2. The highest BCUT2D eigenvalue weighted by molar-refractivity contribution is 6.31. The molecular weight excluding hydrogens is 330 g/mol. The van der Waals surface area contributed by atoms with Gasteiger partial charge in [-0.25, -0.2) is 0 Å². The number of halogens is 1. The van der Waals surface area contributed by atoms with Crippen LogP contribution in [0, 0.1) is 6.92 Å². The van der Waals surface area contributed by atoms with Gasteiger partial charge in [-0.15, -0.1) is 0 Å². The summed E-state index contributed by atoms with van der Waals surface area (Å²) in [6.07, 6.45) is 1.32. The lowest BCUT2D eigenvalue weighted by Gasteiger charge is -2.24. The predicted octanol–water partition coefficient (Wildman–Crippen LogP) is 3.46. The van der Waals surface area contributed by atoms with Gasteiger partial charge in [-0.3, -0.25) is 9.48 Å². The van der Waals surface area contributed by atoms with Gasteiger partial charge in [-0.05, 0) is 25.0 Å². The zero-order valence-corrected chi connectivity index (χ0v) is 14.3. The van der Waals surface area contributed by atoms with E-state index < -0.39 is 0 Å². The summed E-state index contributed by atoms with van der Waals surface area (Å²) in [4.78, 5) is 12.2. The first kappa shape index (κ1) is 15.3. The monoisotopic (exact) mass is 347 g/mol. The van der Waals surface area contributed by atoms with Crippen molar-refractivity contribution in [2.24, 2.45) is 0 Å². The van der Waals surface area contributed by atoms with Crippen LogP contribution in [0.1, 0.15) is 42.5 Å². The van der Waals surface area contributed by atoms with E-state index in [0.29, 0.717) is 28.8 Å². The molecular formula is C17H18ClN3O3. The minimum absolute atomic E-state index is 0.0534. The number of amides is 1. The van der Waals surface area contributed by atoms with Crippen LogP contribution in [0.2, 0.25) is 5.02 Å². The van der Waals surface area contributed by atoms with Gasteiger partial charge in [0.25, 0.3) is 0 Å². The number of carbonyl (C=O) groups excluding carboxylic acids is 1. The molecule has 0 aliphatic carbocycles. The molecule has 1 atom stereocenters. The van der Waals surface area contributed by atoms with E-state index in [4.69, 9.17) is 21.1 Å². The Morgan fingerprint density at radius 3 is 2.88 bits per heavy atom. The molecule has 126 valence electrons. The first-order valence-corrected chi connectivity index (χ1v) is 8.42. The first-order chi connectivity index (χ1) is 11.6.